The first-order valence-electron chi connectivity index (χ1n) is 21.5. The summed E-state index contributed by atoms with van der Waals surface area (Å²) in [7, 11) is 1.44. The number of hydrogen-bond acceptors (Lipinski definition) is 13. The Labute approximate surface area is 427 Å². The van der Waals surface area contributed by atoms with Gasteiger partial charge in [0.15, 0.2) is 5.82 Å². The Kier molecular flexibility index (Phi) is 25.4. The summed E-state index contributed by atoms with van der Waals surface area (Å²) in [5.41, 5.74) is 22.0. The lowest BCUT2D eigenvalue weighted by molar-refractivity contribution is -0.140. The Morgan fingerprint density at radius 3 is 2.12 bits per heavy atom. The Morgan fingerprint density at radius 1 is 0.913 bits per heavy atom. The third-order valence-corrected chi connectivity index (χ3v) is 10.8. The standard InChI is InChI=1S/C47H59N11O7.4ClH/c1-28-35(27-54-42(55-28)30-7-10-32(11-8-30)47(2,3)4)43(60)57-36(14-16-48)46(63)58(5)41-31-9-13-39(65-23-19-51)34(26-31)33-24-29(6-12-38(33)64-22-18-50)25-37(44(61)53-21-17-49)56-40(59)15-20-52-45(41)62;;;;/h6-13,24,26-27,36-37,41H,14-16,18-23,25,48,50-51H2,1-5H3,(H,52,62)(H,53,61)(H,56,59)(H,57,60);4*1H/t36-,37-,41-;;;;/m0..../s1. The Balaban J connectivity index is 0.00000595. The van der Waals surface area contributed by atoms with Gasteiger partial charge in [0.25, 0.3) is 5.91 Å². The number of hydrogen-bond donors (Lipinski definition) is 7. The molecule has 2 heterocycles. The van der Waals surface area contributed by atoms with Crippen LogP contribution in [-0.4, -0.2) is 109 Å². The van der Waals surface area contributed by atoms with E-state index in [-0.39, 0.29) is 126 Å². The molecule has 0 fully saturated rings. The number of nitrogens with zero attached hydrogens (tertiary/aromatic N) is 4. The molecule has 3 atom stereocenters. The number of fused-ring (bicyclic) bond motifs is 5. The van der Waals surface area contributed by atoms with Crippen molar-refractivity contribution < 1.29 is 33.4 Å². The van der Waals surface area contributed by atoms with E-state index in [4.69, 9.17) is 31.9 Å². The number of carbonyl (C=O) groups excluding carboxylic acids is 5. The molecule has 4 aromatic rings. The van der Waals surface area contributed by atoms with E-state index in [0.29, 0.717) is 45.3 Å². The maximum Gasteiger partial charge on any atom is 0.255 e. The number of benzene rings is 3. The molecule has 5 rings (SSSR count). The van der Waals surface area contributed by atoms with Crippen LogP contribution in [-0.2, 0) is 31.0 Å². The van der Waals surface area contributed by atoms with Crippen molar-refractivity contribution in [2.75, 3.05) is 53.0 Å². The van der Waals surface area contributed by atoms with Crippen LogP contribution in [0.25, 0.3) is 22.5 Å². The number of nitrogens with one attached hydrogen (secondary N) is 4. The zero-order chi connectivity index (χ0) is 47.3. The predicted molar refractivity (Wildman–Crippen MR) is 273 cm³/mol. The highest BCUT2D eigenvalue weighted by molar-refractivity contribution is 5.99. The number of nitrogens with two attached hydrogens (primary N) is 3. The smallest absolute Gasteiger partial charge is 0.255 e. The van der Waals surface area contributed by atoms with Gasteiger partial charge < -0.3 is 52.8 Å². The number of ether oxygens (including phenoxy) is 2. The Bertz CT molecular complexity index is 2420. The molecule has 0 unspecified atom stereocenters. The molecule has 0 radical (unpaired) electrons. The highest BCUT2D eigenvalue weighted by atomic mass is 35.5. The lowest BCUT2D eigenvalue weighted by atomic mass is 9.87. The predicted octanol–water partition coefficient (Wildman–Crippen LogP) is 3.61. The Morgan fingerprint density at radius 2 is 1.54 bits per heavy atom. The second-order valence-electron chi connectivity index (χ2n) is 16.6. The topological polar surface area (TPSA) is 283 Å². The summed E-state index contributed by atoms with van der Waals surface area (Å²) < 4.78 is 12.2. The summed E-state index contributed by atoms with van der Waals surface area (Å²) in [4.78, 5) is 79.6. The number of nitriles is 1. The van der Waals surface area contributed by atoms with Crippen LogP contribution in [0.2, 0.25) is 0 Å². The average Bonchev–Trinajstić information content (AvgIpc) is 3.28. The van der Waals surface area contributed by atoms with Gasteiger partial charge in [-0.2, -0.15) is 5.26 Å². The molecular weight excluding hydrogens is 972 g/mol. The number of rotatable bonds is 15. The van der Waals surface area contributed by atoms with Crippen molar-refractivity contribution in [3.05, 3.63) is 94.8 Å². The molecule has 10 N–H and O–H groups in total. The zero-order valence-electron chi connectivity index (χ0n) is 39.2. The van der Waals surface area contributed by atoms with Gasteiger partial charge in [-0.3, -0.25) is 24.0 Å². The summed E-state index contributed by atoms with van der Waals surface area (Å²) in [6.07, 6.45) is 1.25. The maximum atomic E-state index is 14.6. The van der Waals surface area contributed by atoms with Crippen LogP contribution in [0.15, 0.2) is 66.9 Å². The van der Waals surface area contributed by atoms with Gasteiger partial charge in [-0.25, -0.2) is 9.97 Å². The van der Waals surface area contributed by atoms with Crippen molar-refractivity contribution in [1.29, 1.82) is 5.26 Å². The van der Waals surface area contributed by atoms with Gasteiger partial charge in [-0.1, -0.05) is 57.2 Å². The highest BCUT2D eigenvalue weighted by Crippen LogP contribution is 2.40. The fourth-order valence-electron chi connectivity index (χ4n) is 7.32. The molecular formula is C47H63Cl4N11O7. The number of halogens is 4. The van der Waals surface area contributed by atoms with Crippen LogP contribution in [0.4, 0.5) is 0 Å². The van der Waals surface area contributed by atoms with Gasteiger partial charge in [-0.15, -0.1) is 49.6 Å². The summed E-state index contributed by atoms with van der Waals surface area (Å²) in [6.45, 7) is 8.32. The minimum atomic E-state index is -1.31. The summed E-state index contributed by atoms with van der Waals surface area (Å²) in [5.74, 6) is -1.79. The van der Waals surface area contributed by atoms with Crippen LogP contribution in [0.3, 0.4) is 0 Å². The highest BCUT2D eigenvalue weighted by Gasteiger charge is 2.35. The molecule has 3 aromatic carbocycles. The Hall–Kier alpha value is -5.78. The van der Waals surface area contributed by atoms with E-state index in [1.807, 2.05) is 30.3 Å². The van der Waals surface area contributed by atoms with Crippen LogP contribution in [0.1, 0.15) is 72.4 Å². The van der Waals surface area contributed by atoms with E-state index in [2.05, 4.69) is 52.0 Å². The molecule has 69 heavy (non-hydrogen) atoms. The van der Waals surface area contributed by atoms with E-state index in [1.165, 1.54) is 18.1 Å². The molecule has 0 spiro atoms. The molecule has 5 amide bonds. The number of aryl methyl sites for hydroxylation is 1. The summed E-state index contributed by atoms with van der Waals surface area (Å²) >= 11 is 0. The number of likely N-dealkylation sites (N-methyl/N-ethyl adjacent to an activating group) is 1. The van der Waals surface area contributed by atoms with Crippen molar-refractivity contribution in [3.8, 4) is 40.1 Å². The molecule has 4 bridgehead atoms. The van der Waals surface area contributed by atoms with Crippen LogP contribution in [0.5, 0.6) is 11.5 Å². The lowest BCUT2D eigenvalue weighted by Crippen LogP contribution is -2.52. The summed E-state index contributed by atoms with van der Waals surface area (Å²) in [6, 6.07) is 16.4. The van der Waals surface area contributed by atoms with Crippen molar-refractivity contribution in [2.45, 2.75) is 70.5 Å². The molecule has 18 nitrogen and oxygen atoms in total. The first kappa shape index (κ1) is 61.2. The quantitative estimate of drug-likeness (QED) is 0.0840. The van der Waals surface area contributed by atoms with Crippen molar-refractivity contribution in [1.82, 2.24) is 36.1 Å². The second-order valence-corrected chi connectivity index (χ2v) is 16.6. The van der Waals surface area contributed by atoms with E-state index in [0.717, 1.165) is 11.1 Å². The van der Waals surface area contributed by atoms with E-state index < -0.39 is 47.7 Å². The van der Waals surface area contributed by atoms with Crippen molar-refractivity contribution >= 4 is 79.2 Å². The van der Waals surface area contributed by atoms with E-state index in [9.17, 15) is 24.0 Å². The van der Waals surface area contributed by atoms with Gasteiger partial charge in [-0.05, 0) is 66.3 Å². The van der Waals surface area contributed by atoms with Crippen molar-refractivity contribution in [3.63, 3.8) is 0 Å². The first-order chi connectivity index (χ1) is 31.1. The number of aromatic nitrogens is 2. The summed E-state index contributed by atoms with van der Waals surface area (Å²) in [5, 5.41) is 19.9. The lowest BCUT2D eigenvalue weighted by Gasteiger charge is -2.31. The van der Waals surface area contributed by atoms with Crippen LogP contribution >= 0.6 is 49.6 Å². The van der Waals surface area contributed by atoms with E-state index in [1.54, 1.807) is 43.3 Å². The molecule has 0 saturated carbocycles. The van der Waals surface area contributed by atoms with Crippen LogP contribution in [0, 0.1) is 18.3 Å². The van der Waals surface area contributed by atoms with Gasteiger partial charge >= 0.3 is 0 Å². The van der Waals surface area contributed by atoms with Gasteiger partial charge in [0, 0.05) is 62.4 Å². The molecule has 1 aliphatic rings. The van der Waals surface area contributed by atoms with Gasteiger partial charge in [0.2, 0.25) is 23.6 Å². The first-order valence-corrected chi connectivity index (χ1v) is 21.5. The molecule has 1 aromatic heterocycles. The third kappa shape index (κ3) is 16.1. The largest absolute Gasteiger partial charge is 0.492 e. The normalized spacial score (nSPS) is 14.8. The van der Waals surface area contributed by atoms with Gasteiger partial charge in [0.1, 0.15) is 49.4 Å². The number of amides is 5. The minimum absolute atomic E-state index is 0. The number of carbonyl (C=O) groups is 5. The SMILES string of the molecule is Cc1nc(-c2ccc(C(C)(C)C)cc2)ncc1C(=O)N[C@@H](CCN)C(=O)N(C)[C@@H]1C(=O)NCCC(=O)N[C@H](C(=O)NCC#N)Cc2ccc(OCCN)c(c2)-c2cc1ccc2OCCN.Cl.Cl.Cl.Cl. The average molecular weight is 1040 g/mol. The third-order valence-electron chi connectivity index (χ3n) is 10.8. The maximum absolute atomic E-state index is 14.6. The molecule has 1 aliphatic heterocycles. The van der Waals surface area contributed by atoms with E-state index >= 15 is 0 Å². The monoisotopic (exact) mass is 1030 g/mol. The zero-order valence-corrected chi connectivity index (χ0v) is 42.4. The molecule has 376 valence electrons. The fourth-order valence-corrected chi connectivity index (χ4v) is 7.32. The molecule has 0 saturated heterocycles. The van der Waals surface area contributed by atoms with Crippen LogP contribution < -0.4 is 47.9 Å². The van der Waals surface area contributed by atoms with Gasteiger partial charge in [0.05, 0.1) is 17.3 Å². The molecule has 0 aliphatic carbocycles. The second kappa shape index (κ2) is 28.6. The minimum Gasteiger partial charge on any atom is -0.492 e. The fraction of sp³-hybridized carbons (Fsp3) is 0.404. The molecule has 22 heteroatoms. The van der Waals surface area contributed by atoms with Crippen molar-refractivity contribution in [2.24, 2.45) is 17.2 Å².